The van der Waals surface area contributed by atoms with Crippen LogP contribution >= 0.6 is 0 Å². The second-order valence-corrected chi connectivity index (χ2v) is 3.29. The van der Waals surface area contributed by atoms with Crippen LogP contribution in [0.15, 0.2) is 18.2 Å². The first-order valence-electron chi connectivity index (χ1n) is 5.08. The minimum absolute atomic E-state index is 0.0492. The zero-order valence-corrected chi connectivity index (χ0v) is 10.2. The lowest BCUT2D eigenvalue weighted by molar-refractivity contribution is 0.0317. The maximum Gasteiger partial charge on any atom is 0.188 e. The second kappa shape index (κ2) is 6.88. The number of hydrogen-bond acceptors (Lipinski definition) is 5. The second-order valence-electron chi connectivity index (χ2n) is 3.29. The van der Waals surface area contributed by atoms with Crippen molar-refractivity contribution in [2.24, 2.45) is 0 Å². The third-order valence-corrected chi connectivity index (χ3v) is 2.01. The molecule has 0 atom stereocenters. The molecular formula is C12H16O5. The van der Waals surface area contributed by atoms with Crippen molar-refractivity contribution < 1.29 is 23.7 Å². The average molecular weight is 240 g/mol. The van der Waals surface area contributed by atoms with E-state index in [9.17, 15) is 4.79 Å². The maximum atomic E-state index is 11.4. The van der Waals surface area contributed by atoms with Gasteiger partial charge in [0.15, 0.2) is 30.9 Å². The van der Waals surface area contributed by atoms with Crippen LogP contribution < -0.4 is 9.47 Å². The van der Waals surface area contributed by atoms with Gasteiger partial charge in [0.2, 0.25) is 0 Å². The average Bonchev–Trinajstić information content (AvgIpc) is 2.33. The van der Waals surface area contributed by atoms with Crippen LogP contribution in [0.25, 0.3) is 0 Å². The van der Waals surface area contributed by atoms with Crippen LogP contribution in [0.2, 0.25) is 0 Å². The summed E-state index contributed by atoms with van der Waals surface area (Å²) in [6, 6.07) is 5.10. The van der Waals surface area contributed by atoms with Crippen molar-refractivity contribution in [3.05, 3.63) is 23.8 Å². The van der Waals surface area contributed by atoms with Crippen LogP contribution in [0.1, 0.15) is 17.3 Å². The molecule has 0 unspecified atom stereocenters. The Kier molecular flexibility index (Phi) is 5.45. The Morgan fingerprint density at radius 3 is 2.35 bits per heavy atom. The van der Waals surface area contributed by atoms with E-state index in [2.05, 4.69) is 0 Å². The molecule has 0 amide bonds. The Hall–Kier alpha value is -1.59. The standard InChI is InChI=1S/C12H16O5/c1-9(13)10-5-4-6-11(16-7-14-2)12(10)17-8-15-3/h4-6H,7-8H2,1-3H3. The third-order valence-electron chi connectivity index (χ3n) is 2.01. The number of ether oxygens (including phenoxy) is 4. The molecule has 0 aliphatic rings. The van der Waals surface area contributed by atoms with Crippen LogP contribution in [0.5, 0.6) is 11.5 Å². The Balaban J connectivity index is 3.00. The number of ketones is 1. The van der Waals surface area contributed by atoms with Gasteiger partial charge >= 0.3 is 0 Å². The highest BCUT2D eigenvalue weighted by Crippen LogP contribution is 2.31. The fraction of sp³-hybridized carbons (Fsp3) is 0.417. The van der Waals surface area contributed by atoms with Crippen LogP contribution in [0.3, 0.4) is 0 Å². The summed E-state index contributed by atoms with van der Waals surface area (Å²) in [5.41, 5.74) is 0.454. The summed E-state index contributed by atoms with van der Waals surface area (Å²) in [6.07, 6.45) is 0. The molecule has 1 rings (SSSR count). The van der Waals surface area contributed by atoms with Crippen LogP contribution in [-0.2, 0) is 9.47 Å². The van der Waals surface area contributed by atoms with E-state index >= 15 is 0 Å². The number of benzene rings is 1. The molecule has 1 aromatic carbocycles. The fourth-order valence-corrected chi connectivity index (χ4v) is 1.30. The van der Waals surface area contributed by atoms with Gasteiger partial charge in [-0.3, -0.25) is 4.79 Å². The summed E-state index contributed by atoms with van der Waals surface area (Å²) in [7, 11) is 3.02. The van der Waals surface area contributed by atoms with Crippen molar-refractivity contribution in [2.75, 3.05) is 27.8 Å². The molecule has 0 saturated carbocycles. The topological polar surface area (TPSA) is 54.0 Å². The summed E-state index contributed by atoms with van der Waals surface area (Å²) < 4.78 is 20.3. The molecule has 0 bridgehead atoms. The van der Waals surface area contributed by atoms with Crippen molar-refractivity contribution in [1.82, 2.24) is 0 Å². The van der Waals surface area contributed by atoms with E-state index < -0.39 is 0 Å². The van der Waals surface area contributed by atoms with E-state index in [1.54, 1.807) is 18.2 Å². The Morgan fingerprint density at radius 2 is 1.76 bits per heavy atom. The maximum absolute atomic E-state index is 11.4. The molecule has 0 saturated heterocycles. The summed E-state index contributed by atoms with van der Waals surface area (Å²) in [5, 5.41) is 0. The van der Waals surface area contributed by atoms with Crippen LogP contribution in [0, 0.1) is 0 Å². The highest BCUT2D eigenvalue weighted by atomic mass is 16.7. The van der Waals surface area contributed by atoms with Gasteiger partial charge in [-0.25, -0.2) is 0 Å². The summed E-state index contributed by atoms with van der Waals surface area (Å²) in [5.74, 6) is 0.731. The van der Waals surface area contributed by atoms with Gasteiger partial charge in [0.1, 0.15) is 0 Å². The van der Waals surface area contributed by atoms with E-state index in [4.69, 9.17) is 18.9 Å². The molecule has 5 nitrogen and oxygen atoms in total. The monoisotopic (exact) mass is 240 g/mol. The van der Waals surface area contributed by atoms with E-state index in [0.717, 1.165) is 0 Å². The molecule has 0 N–H and O–H groups in total. The number of Topliss-reactive ketones (excluding diaryl/α,β-unsaturated/α-hetero) is 1. The lowest BCUT2D eigenvalue weighted by Gasteiger charge is -2.14. The van der Waals surface area contributed by atoms with Crippen molar-refractivity contribution >= 4 is 5.78 Å². The quantitative estimate of drug-likeness (QED) is 0.538. The summed E-state index contributed by atoms with van der Waals surface area (Å²) >= 11 is 0. The molecule has 0 aliphatic heterocycles. The van der Waals surface area contributed by atoms with Crippen LogP contribution in [0.4, 0.5) is 0 Å². The van der Waals surface area contributed by atoms with Crippen molar-refractivity contribution in [3.63, 3.8) is 0 Å². The van der Waals surface area contributed by atoms with E-state index in [1.165, 1.54) is 21.1 Å². The third kappa shape index (κ3) is 3.72. The van der Waals surface area contributed by atoms with Gasteiger partial charge in [-0.1, -0.05) is 6.07 Å². The highest BCUT2D eigenvalue weighted by Gasteiger charge is 2.14. The first-order chi connectivity index (χ1) is 8.20. The molecule has 17 heavy (non-hydrogen) atoms. The molecule has 1 aromatic rings. The van der Waals surface area contributed by atoms with E-state index in [1.807, 2.05) is 0 Å². The van der Waals surface area contributed by atoms with Crippen molar-refractivity contribution in [1.29, 1.82) is 0 Å². The van der Waals surface area contributed by atoms with Gasteiger partial charge in [0, 0.05) is 14.2 Å². The summed E-state index contributed by atoms with van der Waals surface area (Å²) in [6.45, 7) is 1.60. The Morgan fingerprint density at radius 1 is 1.12 bits per heavy atom. The minimum atomic E-state index is -0.0982. The summed E-state index contributed by atoms with van der Waals surface area (Å²) in [4.78, 5) is 11.4. The van der Waals surface area contributed by atoms with E-state index in [0.29, 0.717) is 17.1 Å². The number of carbonyl (C=O) groups is 1. The lowest BCUT2D eigenvalue weighted by atomic mass is 10.1. The predicted molar refractivity (Wildman–Crippen MR) is 61.5 cm³/mol. The normalized spacial score (nSPS) is 10.1. The van der Waals surface area contributed by atoms with Crippen molar-refractivity contribution in [2.45, 2.75) is 6.92 Å². The number of methoxy groups -OCH3 is 2. The first kappa shape index (κ1) is 13.5. The van der Waals surface area contributed by atoms with Gasteiger partial charge in [-0.2, -0.15) is 0 Å². The smallest absolute Gasteiger partial charge is 0.188 e. The van der Waals surface area contributed by atoms with Crippen molar-refractivity contribution in [3.8, 4) is 11.5 Å². The molecular weight excluding hydrogens is 224 g/mol. The number of para-hydroxylation sites is 1. The zero-order chi connectivity index (χ0) is 12.7. The Bertz CT molecular complexity index is 375. The Labute approximate surface area is 100 Å². The largest absolute Gasteiger partial charge is 0.464 e. The molecule has 94 valence electrons. The van der Waals surface area contributed by atoms with E-state index in [-0.39, 0.29) is 19.4 Å². The van der Waals surface area contributed by atoms with Gasteiger partial charge in [-0.05, 0) is 19.1 Å². The molecule has 0 spiro atoms. The van der Waals surface area contributed by atoms with Gasteiger partial charge in [0.25, 0.3) is 0 Å². The first-order valence-corrected chi connectivity index (χ1v) is 5.08. The highest BCUT2D eigenvalue weighted by molar-refractivity contribution is 5.97. The van der Waals surface area contributed by atoms with Crippen LogP contribution in [-0.4, -0.2) is 33.6 Å². The predicted octanol–water partition coefficient (Wildman–Crippen LogP) is 1.85. The molecule has 0 fully saturated rings. The zero-order valence-electron chi connectivity index (χ0n) is 10.2. The number of carbonyl (C=O) groups excluding carboxylic acids is 1. The molecule has 0 radical (unpaired) electrons. The molecule has 0 aliphatic carbocycles. The molecule has 0 heterocycles. The fourth-order valence-electron chi connectivity index (χ4n) is 1.30. The lowest BCUT2D eigenvalue weighted by Crippen LogP contribution is -2.08. The number of rotatable bonds is 7. The minimum Gasteiger partial charge on any atom is -0.464 e. The molecule has 5 heteroatoms. The van der Waals surface area contributed by atoms with Gasteiger partial charge in [0.05, 0.1) is 5.56 Å². The number of hydrogen-bond donors (Lipinski definition) is 0. The molecule has 0 aromatic heterocycles. The van der Waals surface area contributed by atoms with Gasteiger partial charge < -0.3 is 18.9 Å². The van der Waals surface area contributed by atoms with Gasteiger partial charge in [-0.15, -0.1) is 0 Å². The SMILES string of the molecule is COCOc1cccc(C(C)=O)c1OCOC.